The summed E-state index contributed by atoms with van der Waals surface area (Å²) in [5.74, 6) is 0.885. The summed E-state index contributed by atoms with van der Waals surface area (Å²) >= 11 is 0. The van der Waals surface area contributed by atoms with Crippen LogP contribution in [-0.2, 0) is 14.2 Å². The minimum atomic E-state index is 0.390. The molecule has 1 atom stereocenters. The molecule has 0 aromatic rings. The van der Waals surface area contributed by atoms with E-state index in [4.69, 9.17) is 14.2 Å². The van der Waals surface area contributed by atoms with Gasteiger partial charge in [0, 0.05) is 26.3 Å². The maximum absolute atomic E-state index is 5.70. The van der Waals surface area contributed by atoms with Crippen molar-refractivity contribution in [2.75, 3.05) is 46.7 Å². The quantitative estimate of drug-likeness (QED) is 0.528. The molecule has 4 heteroatoms. The number of methoxy groups -OCH3 is 1. The first-order valence-electron chi connectivity index (χ1n) is 7.96. The minimum Gasteiger partial charge on any atom is -0.382 e. The van der Waals surface area contributed by atoms with Crippen molar-refractivity contribution in [3.8, 4) is 0 Å². The molecule has 0 heterocycles. The summed E-state index contributed by atoms with van der Waals surface area (Å²) in [5.41, 5.74) is 0.390. The molecule has 0 amide bonds. The molecule has 0 saturated heterocycles. The zero-order valence-corrected chi connectivity index (χ0v) is 13.7. The average molecular weight is 287 g/mol. The predicted molar refractivity (Wildman–Crippen MR) is 82.1 cm³/mol. The van der Waals surface area contributed by atoms with Crippen molar-refractivity contribution in [1.29, 1.82) is 0 Å². The molecule has 0 aliphatic heterocycles. The fraction of sp³-hybridized carbons (Fsp3) is 1.00. The van der Waals surface area contributed by atoms with Crippen LogP contribution in [0.5, 0.6) is 0 Å². The molecular formula is C16H33NO3. The fourth-order valence-corrected chi connectivity index (χ4v) is 2.42. The number of ether oxygens (including phenoxy) is 3. The lowest BCUT2D eigenvalue weighted by molar-refractivity contribution is 0.0157. The van der Waals surface area contributed by atoms with Gasteiger partial charge in [0.25, 0.3) is 0 Å². The number of hydrogen-bond donors (Lipinski definition) is 1. The van der Waals surface area contributed by atoms with Crippen LogP contribution < -0.4 is 5.32 Å². The van der Waals surface area contributed by atoms with Crippen molar-refractivity contribution in [3.05, 3.63) is 0 Å². The number of nitrogens with one attached hydrogen (secondary N) is 1. The standard InChI is InChI=1S/C16H33NO3/c1-14(2)17-13-16(3,15-5-6-15)7-8-19-11-12-20-10-9-18-4/h14-15,17H,5-13H2,1-4H3. The van der Waals surface area contributed by atoms with Crippen LogP contribution in [0.4, 0.5) is 0 Å². The second-order valence-corrected chi connectivity index (χ2v) is 6.43. The van der Waals surface area contributed by atoms with Crippen LogP contribution in [0, 0.1) is 11.3 Å². The molecule has 1 N–H and O–H groups in total. The predicted octanol–water partition coefficient (Wildman–Crippen LogP) is 2.47. The highest BCUT2D eigenvalue weighted by Gasteiger charge is 2.40. The van der Waals surface area contributed by atoms with Gasteiger partial charge in [-0.1, -0.05) is 20.8 Å². The highest BCUT2D eigenvalue weighted by atomic mass is 16.5. The normalized spacial score (nSPS) is 18.4. The first-order valence-corrected chi connectivity index (χ1v) is 7.96. The van der Waals surface area contributed by atoms with Crippen molar-refractivity contribution >= 4 is 0 Å². The number of hydrogen-bond acceptors (Lipinski definition) is 4. The molecule has 1 saturated carbocycles. The summed E-state index contributed by atoms with van der Waals surface area (Å²) in [5, 5.41) is 3.59. The van der Waals surface area contributed by atoms with E-state index in [1.54, 1.807) is 7.11 Å². The van der Waals surface area contributed by atoms with Gasteiger partial charge in [-0.25, -0.2) is 0 Å². The van der Waals surface area contributed by atoms with Crippen LogP contribution in [0.2, 0.25) is 0 Å². The Kier molecular flexibility index (Phi) is 8.69. The van der Waals surface area contributed by atoms with Crippen LogP contribution >= 0.6 is 0 Å². The molecule has 0 aromatic heterocycles. The number of rotatable bonds is 13. The topological polar surface area (TPSA) is 39.7 Å². The molecule has 0 bridgehead atoms. The summed E-state index contributed by atoms with van der Waals surface area (Å²) in [6.45, 7) is 11.4. The Bertz CT molecular complexity index is 244. The lowest BCUT2D eigenvalue weighted by Gasteiger charge is -2.31. The van der Waals surface area contributed by atoms with Gasteiger partial charge in [0.05, 0.1) is 26.4 Å². The molecule has 1 unspecified atom stereocenters. The Balaban J connectivity index is 2.07. The summed E-state index contributed by atoms with van der Waals surface area (Å²) < 4.78 is 16.0. The van der Waals surface area contributed by atoms with E-state index in [1.165, 1.54) is 12.8 Å². The van der Waals surface area contributed by atoms with E-state index in [1.807, 2.05) is 0 Å². The van der Waals surface area contributed by atoms with Crippen LogP contribution in [0.3, 0.4) is 0 Å². The zero-order chi connectivity index (χ0) is 14.8. The SMILES string of the molecule is COCCOCCOCCC(C)(CNC(C)C)C1CC1. The van der Waals surface area contributed by atoms with E-state index < -0.39 is 0 Å². The van der Waals surface area contributed by atoms with Crippen LogP contribution in [0.1, 0.15) is 40.0 Å². The van der Waals surface area contributed by atoms with Crippen molar-refractivity contribution < 1.29 is 14.2 Å². The van der Waals surface area contributed by atoms with Crippen molar-refractivity contribution in [1.82, 2.24) is 5.32 Å². The molecule has 0 radical (unpaired) electrons. The third-order valence-corrected chi connectivity index (χ3v) is 4.10. The Morgan fingerprint density at radius 3 is 2.20 bits per heavy atom. The van der Waals surface area contributed by atoms with E-state index in [9.17, 15) is 0 Å². The minimum absolute atomic E-state index is 0.390. The van der Waals surface area contributed by atoms with Gasteiger partial charge in [-0.15, -0.1) is 0 Å². The third-order valence-electron chi connectivity index (χ3n) is 4.10. The van der Waals surface area contributed by atoms with Gasteiger partial charge < -0.3 is 19.5 Å². The van der Waals surface area contributed by atoms with E-state index in [2.05, 4.69) is 26.1 Å². The third kappa shape index (κ3) is 7.58. The Labute approximate surface area is 124 Å². The van der Waals surface area contributed by atoms with Crippen molar-refractivity contribution in [3.63, 3.8) is 0 Å². The second-order valence-electron chi connectivity index (χ2n) is 6.43. The fourth-order valence-electron chi connectivity index (χ4n) is 2.42. The molecule has 0 aromatic carbocycles. The molecule has 0 spiro atoms. The van der Waals surface area contributed by atoms with E-state index in [0.29, 0.717) is 37.9 Å². The molecule has 1 aliphatic carbocycles. The first-order chi connectivity index (χ1) is 9.58. The van der Waals surface area contributed by atoms with Gasteiger partial charge in [0.2, 0.25) is 0 Å². The molecule has 1 rings (SSSR count). The van der Waals surface area contributed by atoms with E-state index in [-0.39, 0.29) is 0 Å². The van der Waals surface area contributed by atoms with Gasteiger partial charge in [0.1, 0.15) is 0 Å². The first kappa shape index (κ1) is 17.9. The molecule has 20 heavy (non-hydrogen) atoms. The summed E-state index contributed by atoms with van der Waals surface area (Å²) in [7, 11) is 1.68. The van der Waals surface area contributed by atoms with E-state index in [0.717, 1.165) is 25.5 Å². The lowest BCUT2D eigenvalue weighted by atomic mass is 9.81. The maximum Gasteiger partial charge on any atom is 0.0701 e. The summed E-state index contributed by atoms with van der Waals surface area (Å²) in [6.07, 6.45) is 3.91. The van der Waals surface area contributed by atoms with E-state index >= 15 is 0 Å². The van der Waals surface area contributed by atoms with Gasteiger partial charge in [-0.2, -0.15) is 0 Å². The highest BCUT2D eigenvalue weighted by molar-refractivity contribution is 4.92. The van der Waals surface area contributed by atoms with Crippen molar-refractivity contribution in [2.24, 2.45) is 11.3 Å². The zero-order valence-electron chi connectivity index (χ0n) is 13.7. The summed E-state index contributed by atoms with van der Waals surface area (Å²) in [4.78, 5) is 0. The van der Waals surface area contributed by atoms with Crippen LogP contribution in [-0.4, -0.2) is 52.7 Å². The molecule has 4 nitrogen and oxygen atoms in total. The van der Waals surface area contributed by atoms with Gasteiger partial charge in [-0.3, -0.25) is 0 Å². The molecule has 120 valence electrons. The smallest absolute Gasteiger partial charge is 0.0701 e. The monoisotopic (exact) mass is 287 g/mol. The second kappa shape index (κ2) is 9.72. The van der Waals surface area contributed by atoms with Gasteiger partial charge >= 0.3 is 0 Å². The Morgan fingerprint density at radius 1 is 1.05 bits per heavy atom. The summed E-state index contributed by atoms with van der Waals surface area (Å²) in [6, 6.07) is 0.558. The van der Waals surface area contributed by atoms with Crippen LogP contribution in [0.15, 0.2) is 0 Å². The van der Waals surface area contributed by atoms with Crippen LogP contribution in [0.25, 0.3) is 0 Å². The molecule has 1 fully saturated rings. The molecular weight excluding hydrogens is 254 g/mol. The van der Waals surface area contributed by atoms with Gasteiger partial charge in [-0.05, 0) is 30.6 Å². The maximum atomic E-state index is 5.70. The van der Waals surface area contributed by atoms with Gasteiger partial charge in [0.15, 0.2) is 0 Å². The Hall–Kier alpha value is -0.160. The van der Waals surface area contributed by atoms with Crippen molar-refractivity contribution in [2.45, 2.75) is 46.1 Å². The Morgan fingerprint density at radius 2 is 1.65 bits per heavy atom. The lowest BCUT2D eigenvalue weighted by Crippen LogP contribution is -2.38. The molecule has 1 aliphatic rings. The highest BCUT2D eigenvalue weighted by Crippen LogP contribution is 2.47. The largest absolute Gasteiger partial charge is 0.382 e. The average Bonchev–Trinajstić information content (AvgIpc) is 3.24.